The van der Waals surface area contributed by atoms with Gasteiger partial charge in [0.2, 0.25) is 0 Å². The van der Waals surface area contributed by atoms with Crippen LogP contribution in [0.1, 0.15) is 0 Å². The molecule has 18 aromatic rings. The molecule has 0 aliphatic rings. The molecule has 16 aromatic carbocycles. The lowest BCUT2D eigenvalue weighted by Crippen LogP contribution is -2.10. The smallest absolute Gasteiger partial charge is 0.0468 e. The maximum atomic E-state index is 2.38. The molecular formula is C88H58N2S2. The molecule has 0 unspecified atom stereocenters. The van der Waals surface area contributed by atoms with Gasteiger partial charge in [0.25, 0.3) is 0 Å². The molecule has 0 fully saturated rings. The zero-order valence-electron chi connectivity index (χ0n) is 50.2. The molecule has 2 nitrogen and oxygen atoms in total. The number of rotatable bonds is 10. The molecule has 0 aliphatic carbocycles. The summed E-state index contributed by atoms with van der Waals surface area (Å²) in [5.41, 5.74) is 16.5. The average molecular weight is 1210 g/mol. The molecule has 0 amide bonds. The Kier molecular flexibility index (Phi) is 14.0. The van der Waals surface area contributed by atoms with E-state index in [4.69, 9.17) is 0 Å². The van der Waals surface area contributed by atoms with Crippen molar-refractivity contribution in [3.63, 3.8) is 0 Å². The third kappa shape index (κ3) is 10.2. The predicted octanol–water partition coefficient (Wildman–Crippen LogP) is 26.3. The molecular weight excluding hydrogens is 1150 g/mol. The molecule has 0 aliphatic heterocycles. The van der Waals surface area contributed by atoms with Crippen LogP contribution in [-0.4, -0.2) is 0 Å². The largest absolute Gasteiger partial charge is 0.310 e. The van der Waals surface area contributed by atoms with Crippen LogP contribution in [0.25, 0.3) is 128 Å². The summed E-state index contributed by atoms with van der Waals surface area (Å²) >= 11 is 3.77. The highest BCUT2D eigenvalue weighted by Crippen LogP contribution is 2.45. The van der Waals surface area contributed by atoms with Crippen molar-refractivity contribution >= 4 is 140 Å². The Morgan fingerprint density at radius 1 is 0.174 bits per heavy atom. The molecule has 0 radical (unpaired) electrons. The normalized spacial score (nSPS) is 11.5. The molecule has 2 heterocycles. The Morgan fingerprint density at radius 2 is 0.543 bits per heavy atom. The Morgan fingerprint density at radius 3 is 1.13 bits per heavy atom. The van der Waals surface area contributed by atoms with Crippen molar-refractivity contribution in [2.75, 3.05) is 9.80 Å². The minimum Gasteiger partial charge on any atom is -0.310 e. The van der Waals surface area contributed by atoms with E-state index in [1.165, 1.54) is 128 Å². The van der Waals surface area contributed by atoms with Crippen LogP contribution in [-0.2, 0) is 0 Å². The zero-order valence-corrected chi connectivity index (χ0v) is 51.8. The molecule has 0 bridgehead atoms. The number of anilines is 6. The summed E-state index contributed by atoms with van der Waals surface area (Å²) in [6, 6.07) is 128. The first-order chi connectivity index (χ1) is 45.6. The van der Waals surface area contributed by atoms with Crippen LogP contribution in [0.3, 0.4) is 0 Å². The highest BCUT2D eigenvalue weighted by Gasteiger charge is 2.19. The van der Waals surface area contributed by atoms with Gasteiger partial charge in [0, 0.05) is 74.5 Å². The second-order valence-corrected chi connectivity index (χ2v) is 25.7. The zero-order chi connectivity index (χ0) is 60.9. The van der Waals surface area contributed by atoms with Crippen LogP contribution >= 0.6 is 22.7 Å². The van der Waals surface area contributed by atoms with Gasteiger partial charge in [-0.1, -0.05) is 261 Å². The number of thiophene rings is 2. The van der Waals surface area contributed by atoms with Crippen LogP contribution in [0.2, 0.25) is 0 Å². The first-order valence-corrected chi connectivity index (χ1v) is 33.0. The number of hydrogen-bond acceptors (Lipinski definition) is 4. The van der Waals surface area contributed by atoms with Gasteiger partial charge in [-0.15, -0.1) is 22.7 Å². The second-order valence-electron chi connectivity index (χ2n) is 23.6. The summed E-state index contributed by atoms with van der Waals surface area (Å²) < 4.78 is 5.37. The molecule has 0 spiro atoms. The molecule has 4 heteroatoms. The van der Waals surface area contributed by atoms with E-state index in [1.54, 1.807) is 0 Å². The van der Waals surface area contributed by atoms with Crippen LogP contribution in [0.4, 0.5) is 34.1 Å². The van der Waals surface area contributed by atoms with E-state index in [9.17, 15) is 0 Å². The van der Waals surface area contributed by atoms with E-state index in [0.29, 0.717) is 0 Å². The molecule has 432 valence electrons. The standard InChI is InChI=1S/2C44H29NS/c1-2-9-30(10-3-1)31-17-22-35(23-18-31)45(36-24-19-33(20-25-36)39-15-8-12-32-11-4-5-13-38(32)39)37-26-28-40-34(29-37)21-27-42-41-14-6-7-16-43(41)46-44(40)42;1-2-9-30(10-3-1)34-13-8-14-38(28-34)45(37-22-19-32(20-23-37)35-18-17-31-11-4-5-12-33(31)27-35)39-24-26-40-36(29-39)21-25-42-41-15-6-7-16-43(41)46-44(40)42/h2*1-29H. The minimum absolute atomic E-state index is 1.12. The minimum atomic E-state index is 1.12. The quantitative estimate of drug-likeness (QED) is 0.135. The van der Waals surface area contributed by atoms with Crippen molar-refractivity contribution in [2.45, 2.75) is 0 Å². The number of fused-ring (bicyclic) bond motifs is 12. The van der Waals surface area contributed by atoms with E-state index in [0.717, 1.165) is 34.1 Å². The maximum Gasteiger partial charge on any atom is 0.0468 e. The lowest BCUT2D eigenvalue weighted by Gasteiger charge is -2.26. The van der Waals surface area contributed by atoms with Gasteiger partial charge in [0.15, 0.2) is 0 Å². The van der Waals surface area contributed by atoms with Gasteiger partial charge in [0.05, 0.1) is 0 Å². The first-order valence-electron chi connectivity index (χ1n) is 31.4. The summed E-state index contributed by atoms with van der Waals surface area (Å²) in [6.07, 6.45) is 0. The molecule has 0 saturated carbocycles. The van der Waals surface area contributed by atoms with Gasteiger partial charge in [-0.05, 0) is 179 Å². The molecule has 0 saturated heterocycles. The Hall–Kier alpha value is -11.4. The van der Waals surface area contributed by atoms with Crippen molar-refractivity contribution in [3.05, 3.63) is 352 Å². The van der Waals surface area contributed by atoms with Gasteiger partial charge >= 0.3 is 0 Å². The van der Waals surface area contributed by atoms with Crippen LogP contribution in [0.15, 0.2) is 352 Å². The lowest BCUT2D eigenvalue weighted by molar-refractivity contribution is 1.29. The predicted molar refractivity (Wildman–Crippen MR) is 400 cm³/mol. The summed E-state index contributed by atoms with van der Waals surface area (Å²) in [4.78, 5) is 4.75. The highest BCUT2D eigenvalue weighted by molar-refractivity contribution is 7.27. The third-order valence-corrected chi connectivity index (χ3v) is 20.5. The van der Waals surface area contributed by atoms with Crippen molar-refractivity contribution in [3.8, 4) is 44.5 Å². The van der Waals surface area contributed by atoms with Crippen molar-refractivity contribution in [1.82, 2.24) is 0 Å². The fourth-order valence-corrected chi connectivity index (χ4v) is 16.0. The fraction of sp³-hybridized carbons (Fsp3) is 0. The Labute approximate surface area is 542 Å². The summed E-state index contributed by atoms with van der Waals surface area (Å²) in [6.45, 7) is 0. The van der Waals surface area contributed by atoms with E-state index in [2.05, 4.69) is 362 Å². The van der Waals surface area contributed by atoms with E-state index in [-0.39, 0.29) is 0 Å². The van der Waals surface area contributed by atoms with Crippen LogP contribution in [0.5, 0.6) is 0 Å². The lowest BCUT2D eigenvalue weighted by atomic mass is 9.98. The van der Waals surface area contributed by atoms with Gasteiger partial charge in [0.1, 0.15) is 0 Å². The molecule has 92 heavy (non-hydrogen) atoms. The second kappa shape index (κ2) is 23.5. The molecule has 0 N–H and O–H groups in total. The van der Waals surface area contributed by atoms with Gasteiger partial charge in [-0.2, -0.15) is 0 Å². The maximum absolute atomic E-state index is 2.38. The number of benzene rings is 16. The van der Waals surface area contributed by atoms with Gasteiger partial charge in [-0.3, -0.25) is 0 Å². The molecule has 0 atom stereocenters. The highest BCUT2D eigenvalue weighted by atomic mass is 32.1. The monoisotopic (exact) mass is 1210 g/mol. The molecule has 2 aromatic heterocycles. The fourth-order valence-electron chi connectivity index (χ4n) is 13.5. The third-order valence-electron chi connectivity index (χ3n) is 18.1. The van der Waals surface area contributed by atoms with Crippen LogP contribution in [0, 0.1) is 0 Å². The summed E-state index contributed by atoms with van der Waals surface area (Å²) in [5, 5.41) is 15.5. The van der Waals surface area contributed by atoms with Crippen molar-refractivity contribution < 1.29 is 0 Å². The van der Waals surface area contributed by atoms with Crippen molar-refractivity contribution in [2.24, 2.45) is 0 Å². The topological polar surface area (TPSA) is 6.48 Å². The van der Waals surface area contributed by atoms with Crippen LogP contribution < -0.4 is 9.80 Å². The van der Waals surface area contributed by atoms with E-state index >= 15 is 0 Å². The van der Waals surface area contributed by atoms with E-state index < -0.39 is 0 Å². The molecule has 18 rings (SSSR count). The average Bonchev–Trinajstić information content (AvgIpc) is 1.58. The Balaban J connectivity index is 0.000000141. The summed E-state index contributed by atoms with van der Waals surface area (Å²) in [5.74, 6) is 0. The number of nitrogens with zero attached hydrogens (tertiary/aromatic N) is 2. The van der Waals surface area contributed by atoms with Crippen molar-refractivity contribution in [1.29, 1.82) is 0 Å². The summed E-state index contributed by atoms with van der Waals surface area (Å²) in [7, 11) is 0. The van der Waals surface area contributed by atoms with E-state index in [1.807, 2.05) is 22.7 Å². The van der Waals surface area contributed by atoms with Gasteiger partial charge in [-0.25, -0.2) is 0 Å². The first kappa shape index (κ1) is 54.7. The number of hydrogen-bond donors (Lipinski definition) is 0. The van der Waals surface area contributed by atoms with Gasteiger partial charge < -0.3 is 9.80 Å². The Bertz CT molecular complexity index is 5750. The SMILES string of the molecule is c1ccc(-c2ccc(N(c3ccc(-c4cccc5ccccc45)cc3)c3ccc4c(ccc5c6ccccc6sc45)c3)cc2)cc1.c1ccc(-c2cccc(N(c3ccc(-c4ccc5ccccc5c4)cc3)c3ccc4c(ccc5c6ccccc6sc45)c3)c2)cc1.